The molecule has 6 heteroatoms. The Morgan fingerprint density at radius 3 is 2.84 bits per heavy atom. The quantitative estimate of drug-likeness (QED) is 0.844. The Kier molecular flexibility index (Phi) is 5.11. The fraction of sp³-hybridized carbons (Fsp3) is 0.385. The third-order valence-corrected chi connectivity index (χ3v) is 3.10. The standard InChI is InChI=1S/C13H17N3O2S/c1-3-14-9-12-15-16-13(19-12)18-11-7-5-6-10(8-11)17-4-2/h5-8,14H,3-4,9H2,1-2H3. The summed E-state index contributed by atoms with van der Waals surface area (Å²) < 4.78 is 11.1. The summed E-state index contributed by atoms with van der Waals surface area (Å²) in [6.45, 7) is 6.26. The van der Waals surface area contributed by atoms with Crippen molar-refractivity contribution in [1.82, 2.24) is 15.5 Å². The molecule has 1 aromatic heterocycles. The summed E-state index contributed by atoms with van der Waals surface area (Å²) in [6.07, 6.45) is 0. The molecule has 2 aromatic rings. The van der Waals surface area contributed by atoms with Crippen molar-refractivity contribution in [2.24, 2.45) is 0 Å². The van der Waals surface area contributed by atoms with Crippen molar-refractivity contribution in [2.75, 3.05) is 13.2 Å². The van der Waals surface area contributed by atoms with E-state index in [1.54, 1.807) is 0 Å². The first-order valence-corrected chi connectivity index (χ1v) is 7.07. The van der Waals surface area contributed by atoms with E-state index in [0.717, 1.165) is 23.8 Å². The van der Waals surface area contributed by atoms with Gasteiger partial charge in [-0.05, 0) is 25.6 Å². The summed E-state index contributed by atoms with van der Waals surface area (Å²) in [6, 6.07) is 7.50. The lowest BCUT2D eigenvalue weighted by Crippen LogP contribution is -2.11. The first-order valence-electron chi connectivity index (χ1n) is 6.25. The maximum atomic E-state index is 5.66. The third kappa shape index (κ3) is 4.18. The molecule has 0 spiro atoms. The van der Waals surface area contributed by atoms with E-state index in [1.165, 1.54) is 11.3 Å². The van der Waals surface area contributed by atoms with Crippen LogP contribution in [0.5, 0.6) is 16.7 Å². The van der Waals surface area contributed by atoms with Gasteiger partial charge in [0, 0.05) is 12.6 Å². The van der Waals surface area contributed by atoms with Crippen LogP contribution in [0.25, 0.3) is 0 Å². The van der Waals surface area contributed by atoms with Gasteiger partial charge in [0.05, 0.1) is 6.61 Å². The monoisotopic (exact) mass is 279 g/mol. The minimum absolute atomic E-state index is 0.543. The zero-order chi connectivity index (χ0) is 13.5. The van der Waals surface area contributed by atoms with Crippen molar-refractivity contribution < 1.29 is 9.47 Å². The summed E-state index contributed by atoms with van der Waals surface area (Å²) in [5.74, 6) is 1.49. The van der Waals surface area contributed by atoms with E-state index in [1.807, 2.05) is 31.2 Å². The largest absolute Gasteiger partial charge is 0.494 e. The maximum absolute atomic E-state index is 5.66. The first kappa shape index (κ1) is 13.8. The van der Waals surface area contributed by atoms with Crippen LogP contribution in [0.3, 0.4) is 0 Å². The second-order valence-corrected chi connectivity index (χ2v) is 4.78. The van der Waals surface area contributed by atoms with E-state index in [2.05, 4.69) is 22.4 Å². The van der Waals surface area contributed by atoms with E-state index < -0.39 is 0 Å². The van der Waals surface area contributed by atoms with Crippen molar-refractivity contribution in [3.63, 3.8) is 0 Å². The van der Waals surface area contributed by atoms with Crippen LogP contribution >= 0.6 is 11.3 Å². The number of rotatable bonds is 7. The molecule has 1 aromatic carbocycles. The second kappa shape index (κ2) is 7.06. The average molecular weight is 279 g/mol. The Bertz CT molecular complexity index is 516. The van der Waals surface area contributed by atoms with Crippen molar-refractivity contribution in [1.29, 1.82) is 0 Å². The zero-order valence-electron chi connectivity index (χ0n) is 11.0. The van der Waals surface area contributed by atoms with Crippen molar-refractivity contribution in [2.45, 2.75) is 20.4 Å². The van der Waals surface area contributed by atoms with Crippen LogP contribution < -0.4 is 14.8 Å². The van der Waals surface area contributed by atoms with Crippen LogP contribution in [0.2, 0.25) is 0 Å². The van der Waals surface area contributed by atoms with E-state index in [4.69, 9.17) is 9.47 Å². The molecule has 0 saturated heterocycles. The van der Waals surface area contributed by atoms with Gasteiger partial charge in [0.1, 0.15) is 16.5 Å². The zero-order valence-corrected chi connectivity index (χ0v) is 11.9. The van der Waals surface area contributed by atoms with Gasteiger partial charge < -0.3 is 14.8 Å². The van der Waals surface area contributed by atoms with Crippen LogP contribution in [0.1, 0.15) is 18.9 Å². The number of aromatic nitrogens is 2. The van der Waals surface area contributed by atoms with Gasteiger partial charge in [0.15, 0.2) is 0 Å². The molecule has 0 saturated carbocycles. The normalized spacial score (nSPS) is 10.4. The number of ether oxygens (including phenoxy) is 2. The van der Waals surface area contributed by atoms with Crippen LogP contribution in [0, 0.1) is 0 Å². The highest BCUT2D eigenvalue weighted by molar-refractivity contribution is 7.13. The molecule has 19 heavy (non-hydrogen) atoms. The predicted molar refractivity (Wildman–Crippen MR) is 75.0 cm³/mol. The van der Waals surface area contributed by atoms with Crippen LogP contribution in [0.4, 0.5) is 0 Å². The van der Waals surface area contributed by atoms with Gasteiger partial charge in [-0.3, -0.25) is 0 Å². The molecule has 0 fully saturated rings. The number of benzene rings is 1. The second-order valence-electron chi connectivity index (χ2n) is 3.75. The van der Waals surface area contributed by atoms with Crippen LogP contribution in [-0.4, -0.2) is 23.3 Å². The molecule has 0 radical (unpaired) electrons. The van der Waals surface area contributed by atoms with Crippen molar-refractivity contribution in [3.8, 4) is 16.7 Å². The molecule has 0 aliphatic heterocycles. The summed E-state index contributed by atoms with van der Waals surface area (Å²) in [4.78, 5) is 0. The Balaban J connectivity index is 2.00. The molecule has 0 unspecified atom stereocenters. The molecule has 0 amide bonds. The van der Waals surface area contributed by atoms with Gasteiger partial charge in [-0.2, -0.15) is 0 Å². The molecule has 0 atom stereocenters. The fourth-order valence-corrected chi connectivity index (χ4v) is 2.15. The van der Waals surface area contributed by atoms with Gasteiger partial charge in [-0.25, -0.2) is 0 Å². The van der Waals surface area contributed by atoms with E-state index in [9.17, 15) is 0 Å². The Morgan fingerprint density at radius 2 is 2.05 bits per heavy atom. The number of hydrogen-bond donors (Lipinski definition) is 1. The molecule has 0 aliphatic carbocycles. The van der Waals surface area contributed by atoms with Crippen LogP contribution in [-0.2, 0) is 6.54 Å². The van der Waals surface area contributed by atoms with Gasteiger partial charge in [0.2, 0.25) is 0 Å². The molecule has 102 valence electrons. The molecular formula is C13H17N3O2S. The lowest BCUT2D eigenvalue weighted by Gasteiger charge is -2.05. The molecule has 0 bridgehead atoms. The minimum Gasteiger partial charge on any atom is -0.494 e. The van der Waals surface area contributed by atoms with E-state index in [0.29, 0.717) is 17.6 Å². The highest BCUT2D eigenvalue weighted by atomic mass is 32.1. The van der Waals surface area contributed by atoms with Gasteiger partial charge in [-0.15, -0.1) is 5.10 Å². The van der Waals surface area contributed by atoms with Gasteiger partial charge >= 0.3 is 0 Å². The molecule has 5 nitrogen and oxygen atoms in total. The number of hydrogen-bond acceptors (Lipinski definition) is 6. The highest BCUT2D eigenvalue weighted by Crippen LogP contribution is 2.27. The first-order chi connectivity index (χ1) is 9.31. The molecule has 2 rings (SSSR count). The third-order valence-electron chi connectivity index (χ3n) is 2.30. The highest BCUT2D eigenvalue weighted by Gasteiger charge is 2.06. The Labute approximate surface area is 116 Å². The minimum atomic E-state index is 0.543. The van der Waals surface area contributed by atoms with Gasteiger partial charge in [-0.1, -0.05) is 29.4 Å². The summed E-state index contributed by atoms with van der Waals surface area (Å²) in [5.41, 5.74) is 0. The molecular weight excluding hydrogens is 262 g/mol. The molecule has 1 heterocycles. The average Bonchev–Trinajstić information content (AvgIpc) is 2.85. The number of nitrogens with one attached hydrogen (secondary N) is 1. The predicted octanol–water partition coefficient (Wildman–Crippen LogP) is 2.84. The molecule has 0 aliphatic rings. The SMILES string of the molecule is CCNCc1nnc(Oc2cccc(OCC)c2)s1. The fourth-order valence-electron chi connectivity index (χ4n) is 1.48. The Morgan fingerprint density at radius 1 is 1.21 bits per heavy atom. The topological polar surface area (TPSA) is 56.3 Å². The molecule has 1 N–H and O–H groups in total. The lowest BCUT2D eigenvalue weighted by molar-refractivity contribution is 0.338. The summed E-state index contributed by atoms with van der Waals surface area (Å²) >= 11 is 1.44. The van der Waals surface area contributed by atoms with Crippen LogP contribution in [0.15, 0.2) is 24.3 Å². The number of nitrogens with zero attached hydrogens (tertiary/aromatic N) is 2. The van der Waals surface area contributed by atoms with E-state index >= 15 is 0 Å². The summed E-state index contributed by atoms with van der Waals surface area (Å²) in [7, 11) is 0. The Hall–Kier alpha value is -1.66. The lowest BCUT2D eigenvalue weighted by atomic mass is 10.3. The van der Waals surface area contributed by atoms with Crippen molar-refractivity contribution >= 4 is 11.3 Å². The smallest absolute Gasteiger partial charge is 0.299 e. The van der Waals surface area contributed by atoms with Gasteiger partial charge in [0.25, 0.3) is 5.19 Å². The van der Waals surface area contributed by atoms with Crippen molar-refractivity contribution in [3.05, 3.63) is 29.3 Å². The maximum Gasteiger partial charge on any atom is 0.299 e. The van der Waals surface area contributed by atoms with E-state index in [-0.39, 0.29) is 0 Å². The summed E-state index contributed by atoms with van der Waals surface area (Å²) in [5, 5.41) is 12.7.